The molecule has 2 aromatic carbocycles. The number of anilines is 1. The first kappa shape index (κ1) is 21.0. The Balaban J connectivity index is 2.24. The van der Waals surface area contributed by atoms with Gasteiger partial charge < -0.3 is 15.1 Å². The number of aliphatic hydroxyl groups is 2. The van der Waals surface area contributed by atoms with Crippen LogP contribution in [0.3, 0.4) is 0 Å². The third-order valence-corrected chi connectivity index (χ3v) is 4.92. The minimum absolute atomic E-state index is 0.00255. The first-order valence-electron chi connectivity index (χ1n) is 8.53. The van der Waals surface area contributed by atoms with Crippen molar-refractivity contribution in [2.24, 2.45) is 15.4 Å². The first-order chi connectivity index (χ1) is 12.9. The molecule has 0 amide bonds. The van der Waals surface area contributed by atoms with Gasteiger partial charge in [0.1, 0.15) is 0 Å². The van der Waals surface area contributed by atoms with Crippen molar-refractivity contribution >= 4 is 27.1 Å². The number of rotatable bonds is 9. The van der Waals surface area contributed by atoms with Crippen molar-refractivity contribution in [2.45, 2.75) is 18.2 Å². The van der Waals surface area contributed by atoms with E-state index in [-0.39, 0.29) is 18.1 Å². The summed E-state index contributed by atoms with van der Waals surface area (Å²) in [5, 5.41) is 31.9. The topological polar surface area (TPSA) is 129 Å². The lowest BCUT2D eigenvalue weighted by Crippen LogP contribution is -2.29. The molecule has 0 fully saturated rings. The zero-order valence-electron chi connectivity index (χ0n) is 15.1. The summed E-state index contributed by atoms with van der Waals surface area (Å²) in [6.07, 6.45) is 0.735. The zero-order chi connectivity index (χ0) is 19.9. The number of benzene rings is 2. The van der Waals surface area contributed by atoms with Crippen LogP contribution in [0.25, 0.3) is 0 Å². The van der Waals surface area contributed by atoms with E-state index in [4.69, 9.17) is 5.14 Å². The quantitative estimate of drug-likeness (QED) is 0.563. The van der Waals surface area contributed by atoms with Gasteiger partial charge >= 0.3 is 0 Å². The van der Waals surface area contributed by atoms with Crippen LogP contribution < -0.4 is 10.0 Å². The lowest BCUT2D eigenvalue weighted by molar-refractivity contribution is 0.281. The SMILES string of the molecule is CCc1cc(N(CCO)CCO)ccc1N=Nc1ccc(S(N)(=O)=O)cc1. The largest absolute Gasteiger partial charge is 0.395 e. The van der Waals surface area contributed by atoms with Gasteiger partial charge in [-0.3, -0.25) is 0 Å². The molecule has 146 valence electrons. The van der Waals surface area contributed by atoms with E-state index in [9.17, 15) is 18.6 Å². The highest BCUT2D eigenvalue weighted by Gasteiger charge is 2.09. The van der Waals surface area contributed by atoms with Crippen LogP contribution in [-0.2, 0) is 16.4 Å². The highest BCUT2D eigenvalue weighted by molar-refractivity contribution is 7.89. The molecule has 0 spiro atoms. The van der Waals surface area contributed by atoms with Crippen LogP contribution in [0.2, 0.25) is 0 Å². The lowest BCUT2D eigenvalue weighted by Gasteiger charge is -2.23. The maximum absolute atomic E-state index is 11.3. The predicted octanol–water partition coefficient (Wildman–Crippen LogP) is 2.10. The third kappa shape index (κ3) is 5.83. The average molecular weight is 392 g/mol. The van der Waals surface area contributed by atoms with Crippen LogP contribution in [0, 0.1) is 0 Å². The summed E-state index contributed by atoms with van der Waals surface area (Å²) in [7, 11) is -3.73. The second-order valence-corrected chi connectivity index (χ2v) is 7.40. The van der Waals surface area contributed by atoms with Crippen molar-refractivity contribution in [1.29, 1.82) is 0 Å². The molecule has 0 saturated heterocycles. The van der Waals surface area contributed by atoms with Gasteiger partial charge in [-0.1, -0.05) is 6.92 Å². The number of nitrogens with two attached hydrogens (primary N) is 1. The summed E-state index contributed by atoms with van der Waals surface area (Å²) in [4.78, 5) is 1.92. The monoisotopic (exact) mass is 392 g/mol. The van der Waals surface area contributed by atoms with Gasteiger partial charge in [0.05, 0.1) is 29.5 Å². The Kier molecular flexibility index (Phi) is 7.43. The molecular weight excluding hydrogens is 368 g/mol. The summed E-state index contributed by atoms with van der Waals surface area (Å²) in [5.41, 5.74) is 3.07. The summed E-state index contributed by atoms with van der Waals surface area (Å²) in [5.74, 6) is 0. The summed E-state index contributed by atoms with van der Waals surface area (Å²) in [6, 6.07) is 11.5. The van der Waals surface area contributed by atoms with Crippen molar-refractivity contribution in [2.75, 3.05) is 31.2 Å². The molecule has 0 aliphatic heterocycles. The van der Waals surface area contributed by atoms with Crippen molar-refractivity contribution < 1.29 is 18.6 Å². The van der Waals surface area contributed by atoms with E-state index in [0.29, 0.717) is 24.5 Å². The molecular formula is C18H24N4O4S. The number of aryl methyl sites for hydroxylation is 1. The van der Waals surface area contributed by atoms with E-state index in [1.165, 1.54) is 24.3 Å². The minimum Gasteiger partial charge on any atom is -0.395 e. The van der Waals surface area contributed by atoms with E-state index < -0.39 is 10.0 Å². The predicted molar refractivity (Wildman–Crippen MR) is 104 cm³/mol. The highest BCUT2D eigenvalue weighted by Crippen LogP contribution is 2.28. The van der Waals surface area contributed by atoms with Crippen LogP contribution in [0.5, 0.6) is 0 Å². The molecule has 2 aromatic rings. The molecule has 8 nitrogen and oxygen atoms in total. The molecule has 0 saturated carbocycles. The number of sulfonamides is 1. The van der Waals surface area contributed by atoms with Gasteiger partial charge in [-0.15, -0.1) is 0 Å². The number of hydrogen-bond acceptors (Lipinski definition) is 7. The molecule has 0 bridgehead atoms. The Morgan fingerprint density at radius 1 is 1.00 bits per heavy atom. The Morgan fingerprint density at radius 3 is 2.15 bits per heavy atom. The first-order valence-corrected chi connectivity index (χ1v) is 10.1. The smallest absolute Gasteiger partial charge is 0.238 e. The highest BCUT2D eigenvalue weighted by atomic mass is 32.2. The Hall–Kier alpha value is -2.33. The molecule has 0 aliphatic rings. The second-order valence-electron chi connectivity index (χ2n) is 5.84. The van der Waals surface area contributed by atoms with E-state index in [1.54, 1.807) is 0 Å². The fourth-order valence-corrected chi connectivity index (χ4v) is 3.09. The van der Waals surface area contributed by atoms with Crippen molar-refractivity contribution in [3.63, 3.8) is 0 Å². The van der Waals surface area contributed by atoms with Crippen molar-refractivity contribution in [3.8, 4) is 0 Å². The average Bonchev–Trinajstić information content (AvgIpc) is 2.65. The van der Waals surface area contributed by atoms with Crippen molar-refractivity contribution in [3.05, 3.63) is 48.0 Å². The van der Waals surface area contributed by atoms with Gasteiger partial charge in [0.25, 0.3) is 0 Å². The van der Waals surface area contributed by atoms with Crippen molar-refractivity contribution in [1.82, 2.24) is 0 Å². The normalized spacial score (nSPS) is 11.9. The number of azo groups is 1. The van der Waals surface area contributed by atoms with Gasteiger partial charge in [-0.25, -0.2) is 13.6 Å². The molecule has 27 heavy (non-hydrogen) atoms. The van der Waals surface area contributed by atoms with Crippen LogP contribution in [-0.4, -0.2) is 44.9 Å². The third-order valence-electron chi connectivity index (χ3n) is 3.99. The van der Waals surface area contributed by atoms with Gasteiger partial charge in [0.2, 0.25) is 10.0 Å². The Labute approximate surface area is 159 Å². The van der Waals surface area contributed by atoms with Gasteiger partial charge in [-0.2, -0.15) is 10.2 Å². The summed E-state index contributed by atoms with van der Waals surface area (Å²) < 4.78 is 22.6. The van der Waals surface area contributed by atoms with Gasteiger partial charge in [0, 0.05) is 18.8 Å². The molecule has 0 atom stereocenters. The molecule has 0 aromatic heterocycles. The molecule has 2 rings (SSSR count). The molecule has 9 heteroatoms. The fourth-order valence-electron chi connectivity index (χ4n) is 2.57. The number of aliphatic hydroxyl groups excluding tert-OH is 2. The molecule has 0 radical (unpaired) electrons. The van der Waals surface area contributed by atoms with Crippen LogP contribution in [0.1, 0.15) is 12.5 Å². The van der Waals surface area contributed by atoms with Crippen LogP contribution in [0.4, 0.5) is 17.1 Å². The molecule has 4 N–H and O–H groups in total. The van der Waals surface area contributed by atoms with E-state index in [2.05, 4.69) is 10.2 Å². The van der Waals surface area contributed by atoms with Gasteiger partial charge in [0.15, 0.2) is 0 Å². The maximum atomic E-state index is 11.3. The summed E-state index contributed by atoms with van der Waals surface area (Å²) in [6.45, 7) is 2.86. The Bertz CT molecular complexity index is 877. The van der Waals surface area contributed by atoms with Gasteiger partial charge in [-0.05, 0) is 54.4 Å². The maximum Gasteiger partial charge on any atom is 0.238 e. The second kappa shape index (κ2) is 9.56. The van der Waals surface area contributed by atoms with E-state index in [1.807, 2.05) is 30.0 Å². The number of hydrogen-bond donors (Lipinski definition) is 3. The standard InChI is InChI=1S/C18H24N4O4S/c1-2-14-13-16(22(9-11-23)10-12-24)5-8-18(14)21-20-15-3-6-17(7-4-15)27(19,25)26/h3-8,13,23-24H,2,9-12H2,1H3,(H2,19,25,26). The van der Waals surface area contributed by atoms with E-state index in [0.717, 1.165) is 17.7 Å². The minimum atomic E-state index is -3.73. The van der Waals surface area contributed by atoms with E-state index >= 15 is 0 Å². The molecule has 0 heterocycles. The number of primary sulfonamides is 1. The lowest BCUT2D eigenvalue weighted by atomic mass is 10.1. The van der Waals surface area contributed by atoms with Crippen LogP contribution >= 0.6 is 0 Å². The van der Waals surface area contributed by atoms with Crippen LogP contribution in [0.15, 0.2) is 57.6 Å². The Morgan fingerprint density at radius 2 is 1.63 bits per heavy atom. The molecule has 0 unspecified atom stereocenters. The zero-order valence-corrected chi connectivity index (χ0v) is 15.9. The fraction of sp³-hybridized carbons (Fsp3) is 0.333. The number of nitrogens with zero attached hydrogens (tertiary/aromatic N) is 3. The summed E-state index contributed by atoms with van der Waals surface area (Å²) >= 11 is 0. The molecule has 0 aliphatic carbocycles.